The summed E-state index contributed by atoms with van der Waals surface area (Å²) in [5, 5.41) is 0.657. The average Bonchev–Trinajstić information content (AvgIpc) is 2.59. The van der Waals surface area contributed by atoms with Gasteiger partial charge in [-0.25, -0.2) is 9.59 Å². The van der Waals surface area contributed by atoms with Crippen molar-refractivity contribution in [3.8, 4) is 5.75 Å². The zero-order chi connectivity index (χ0) is 17.1. The van der Waals surface area contributed by atoms with Crippen LogP contribution < -0.4 is 10.4 Å². The van der Waals surface area contributed by atoms with Gasteiger partial charge >= 0.3 is 11.6 Å². The lowest BCUT2D eigenvalue weighted by atomic mass is 10.2. The van der Waals surface area contributed by atoms with E-state index in [4.69, 9.17) is 13.9 Å². The summed E-state index contributed by atoms with van der Waals surface area (Å²) >= 11 is 3.36. The summed E-state index contributed by atoms with van der Waals surface area (Å²) in [5.41, 5.74) is 0.251. The molecule has 0 fully saturated rings. The molecular formula is C18H13BrO5. The van der Waals surface area contributed by atoms with Crippen molar-refractivity contribution >= 4 is 32.9 Å². The number of para-hydroxylation sites is 1. The number of methoxy groups -OCH3 is 1. The number of ether oxygens (including phenoxy) is 2. The Morgan fingerprint density at radius 3 is 2.75 bits per heavy atom. The van der Waals surface area contributed by atoms with Crippen LogP contribution in [0.25, 0.3) is 11.0 Å². The summed E-state index contributed by atoms with van der Waals surface area (Å²) in [6, 6.07) is 13.8. The SMILES string of the molecule is COc1ccc(Br)cc1COC(=O)c1cc2ccccc2oc1=O. The zero-order valence-electron chi connectivity index (χ0n) is 12.7. The first-order chi connectivity index (χ1) is 11.6. The van der Waals surface area contributed by atoms with Crippen LogP contribution in [0.5, 0.6) is 5.75 Å². The second kappa shape index (κ2) is 6.88. The number of rotatable bonds is 4. The third kappa shape index (κ3) is 3.33. The lowest BCUT2D eigenvalue weighted by Gasteiger charge is -2.09. The molecule has 3 rings (SSSR count). The molecule has 0 aliphatic heterocycles. The molecule has 0 saturated heterocycles. The van der Waals surface area contributed by atoms with Gasteiger partial charge in [-0.1, -0.05) is 34.1 Å². The molecule has 0 radical (unpaired) electrons. The highest BCUT2D eigenvalue weighted by Crippen LogP contribution is 2.24. The summed E-state index contributed by atoms with van der Waals surface area (Å²) in [6.45, 7) is -0.0201. The van der Waals surface area contributed by atoms with Gasteiger partial charge in [-0.3, -0.25) is 0 Å². The first kappa shape index (κ1) is 16.3. The predicted octanol–water partition coefficient (Wildman–Crippen LogP) is 3.92. The first-order valence-corrected chi connectivity index (χ1v) is 7.90. The number of fused-ring (bicyclic) bond motifs is 1. The number of halogens is 1. The van der Waals surface area contributed by atoms with Crippen molar-refractivity contribution in [3.63, 3.8) is 0 Å². The molecule has 0 spiro atoms. The number of hydrogen-bond acceptors (Lipinski definition) is 5. The molecular weight excluding hydrogens is 376 g/mol. The van der Waals surface area contributed by atoms with Crippen molar-refractivity contribution in [1.82, 2.24) is 0 Å². The third-order valence-corrected chi connectivity index (χ3v) is 3.96. The molecule has 0 unspecified atom stereocenters. The highest BCUT2D eigenvalue weighted by Gasteiger charge is 2.16. The van der Waals surface area contributed by atoms with Gasteiger partial charge in [0.15, 0.2) is 0 Å². The van der Waals surface area contributed by atoms with E-state index in [-0.39, 0.29) is 12.2 Å². The molecule has 0 bridgehead atoms. The molecule has 5 nitrogen and oxygen atoms in total. The predicted molar refractivity (Wildman–Crippen MR) is 92.3 cm³/mol. The van der Waals surface area contributed by atoms with E-state index in [0.717, 1.165) is 4.47 Å². The zero-order valence-corrected chi connectivity index (χ0v) is 14.3. The molecule has 2 aromatic carbocycles. The number of carbonyl (C=O) groups excluding carboxylic acids is 1. The number of benzene rings is 2. The maximum absolute atomic E-state index is 12.2. The summed E-state index contributed by atoms with van der Waals surface area (Å²) in [4.78, 5) is 24.2. The van der Waals surface area contributed by atoms with Crippen molar-refractivity contribution in [3.05, 3.63) is 74.6 Å². The Morgan fingerprint density at radius 2 is 1.96 bits per heavy atom. The van der Waals surface area contributed by atoms with Crippen LogP contribution in [0, 0.1) is 0 Å². The van der Waals surface area contributed by atoms with E-state index >= 15 is 0 Å². The van der Waals surface area contributed by atoms with Gasteiger partial charge in [0.25, 0.3) is 0 Å². The fourth-order valence-electron chi connectivity index (χ4n) is 2.29. The van der Waals surface area contributed by atoms with Gasteiger partial charge in [-0.05, 0) is 30.3 Å². The van der Waals surface area contributed by atoms with E-state index in [2.05, 4.69) is 15.9 Å². The molecule has 0 N–H and O–H groups in total. The Kier molecular flexibility index (Phi) is 4.66. The van der Waals surface area contributed by atoms with Gasteiger partial charge in [-0.2, -0.15) is 0 Å². The van der Waals surface area contributed by atoms with Crippen LogP contribution in [-0.2, 0) is 11.3 Å². The van der Waals surface area contributed by atoms with Crippen LogP contribution in [0.15, 0.2) is 62.2 Å². The Hall–Kier alpha value is -2.60. The van der Waals surface area contributed by atoms with Crippen LogP contribution in [0.4, 0.5) is 0 Å². The van der Waals surface area contributed by atoms with Crippen LogP contribution in [0.3, 0.4) is 0 Å². The average molecular weight is 389 g/mol. The van der Waals surface area contributed by atoms with Crippen molar-refractivity contribution < 1.29 is 18.7 Å². The lowest BCUT2D eigenvalue weighted by molar-refractivity contribution is 0.0465. The highest BCUT2D eigenvalue weighted by molar-refractivity contribution is 9.10. The number of carbonyl (C=O) groups is 1. The van der Waals surface area contributed by atoms with E-state index in [1.807, 2.05) is 6.07 Å². The molecule has 3 aromatic rings. The topological polar surface area (TPSA) is 65.7 Å². The van der Waals surface area contributed by atoms with Crippen LogP contribution in [-0.4, -0.2) is 13.1 Å². The molecule has 24 heavy (non-hydrogen) atoms. The van der Waals surface area contributed by atoms with Crippen molar-refractivity contribution in [2.75, 3.05) is 7.11 Å². The molecule has 0 aliphatic rings. The first-order valence-electron chi connectivity index (χ1n) is 7.11. The molecule has 0 aliphatic carbocycles. The maximum atomic E-state index is 12.2. The Bertz CT molecular complexity index is 961. The summed E-state index contributed by atoms with van der Waals surface area (Å²) in [7, 11) is 1.53. The van der Waals surface area contributed by atoms with Gasteiger partial charge in [0.05, 0.1) is 7.11 Å². The second-order valence-electron chi connectivity index (χ2n) is 5.02. The van der Waals surface area contributed by atoms with Crippen LogP contribution >= 0.6 is 15.9 Å². The maximum Gasteiger partial charge on any atom is 0.351 e. The van der Waals surface area contributed by atoms with Gasteiger partial charge in [0, 0.05) is 15.4 Å². The number of esters is 1. The molecule has 1 heterocycles. The highest BCUT2D eigenvalue weighted by atomic mass is 79.9. The Balaban J connectivity index is 1.84. The third-order valence-electron chi connectivity index (χ3n) is 3.46. The quantitative estimate of drug-likeness (QED) is 0.500. The fourth-order valence-corrected chi connectivity index (χ4v) is 2.69. The van der Waals surface area contributed by atoms with Gasteiger partial charge < -0.3 is 13.9 Å². The summed E-state index contributed by atoms with van der Waals surface area (Å²) in [5.74, 6) is -0.145. The van der Waals surface area contributed by atoms with E-state index in [1.165, 1.54) is 13.2 Å². The molecule has 122 valence electrons. The summed E-state index contributed by atoms with van der Waals surface area (Å²) < 4.78 is 16.4. The minimum Gasteiger partial charge on any atom is -0.496 e. The Morgan fingerprint density at radius 1 is 1.17 bits per heavy atom. The van der Waals surface area contributed by atoms with Crippen molar-refractivity contribution in [2.24, 2.45) is 0 Å². The van der Waals surface area contributed by atoms with E-state index in [9.17, 15) is 9.59 Å². The number of hydrogen-bond donors (Lipinski definition) is 0. The van der Waals surface area contributed by atoms with Gasteiger partial charge in [0.2, 0.25) is 0 Å². The van der Waals surface area contributed by atoms with E-state index < -0.39 is 11.6 Å². The molecule has 0 saturated carbocycles. The largest absolute Gasteiger partial charge is 0.496 e. The summed E-state index contributed by atoms with van der Waals surface area (Å²) in [6.07, 6.45) is 0. The minimum absolute atomic E-state index is 0.0201. The van der Waals surface area contributed by atoms with Crippen LogP contribution in [0.2, 0.25) is 0 Å². The van der Waals surface area contributed by atoms with Gasteiger partial charge in [0.1, 0.15) is 23.5 Å². The smallest absolute Gasteiger partial charge is 0.351 e. The van der Waals surface area contributed by atoms with E-state index in [0.29, 0.717) is 22.3 Å². The lowest BCUT2D eigenvalue weighted by Crippen LogP contribution is -2.16. The van der Waals surface area contributed by atoms with Crippen molar-refractivity contribution in [1.29, 1.82) is 0 Å². The van der Waals surface area contributed by atoms with Crippen LogP contribution in [0.1, 0.15) is 15.9 Å². The van der Waals surface area contributed by atoms with E-state index in [1.54, 1.807) is 36.4 Å². The molecule has 1 aromatic heterocycles. The normalized spacial score (nSPS) is 10.6. The fraction of sp³-hybridized carbons (Fsp3) is 0.111. The molecule has 0 amide bonds. The molecule has 6 heteroatoms. The second-order valence-corrected chi connectivity index (χ2v) is 5.93. The monoisotopic (exact) mass is 388 g/mol. The molecule has 0 atom stereocenters. The van der Waals surface area contributed by atoms with Crippen molar-refractivity contribution in [2.45, 2.75) is 6.61 Å². The standard InChI is InChI=1S/C18H13BrO5/c1-22-15-7-6-13(19)8-12(15)10-23-17(20)14-9-11-4-2-3-5-16(11)24-18(14)21/h2-9H,10H2,1H3. The minimum atomic E-state index is -0.739. The van der Waals surface area contributed by atoms with Gasteiger partial charge in [-0.15, -0.1) is 0 Å². The Labute approximate surface area is 145 Å².